The van der Waals surface area contributed by atoms with Crippen LogP contribution in [0.3, 0.4) is 0 Å². The molecule has 1 amide bonds. The van der Waals surface area contributed by atoms with Gasteiger partial charge in [0, 0.05) is 50.6 Å². The molecular formula is C24H31FN4O3S. The first kappa shape index (κ1) is 23.5. The number of nitrogens with one attached hydrogen (secondary N) is 1. The van der Waals surface area contributed by atoms with Crippen molar-refractivity contribution in [1.29, 1.82) is 0 Å². The van der Waals surface area contributed by atoms with Crippen LogP contribution in [-0.2, 0) is 14.8 Å². The molecule has 2 aliphatic rings. The minimum atomic E-state index is -3.48. The number of halogens is 1. The van der Waals surface area contributed by atoms with Crippen LogP contribution in [0, 0.1) is 5.82 Å². The van der Waals surface area contributed by atoms with Gasteiger partial charge in [-0.1, -0.05) is 12.8 Å². The number of benzene rings is 2. The molecule has 4 rings (SSSR count). The molecule has 0 aromatic heterocycles. The Balaban J connectivity index is 1.27. The van der Waals surface area contributed by atoms with Gasteiger partial charge in [-0.15, -0.1) is 0 Å². The van der Waals surface area contributed by atoms with E-state index < -0.39 is 10.0 Å². The van der Waals surface area contributed by atoms with Gasteiger partial charge in [-0.2, -0.15) is 4.31 Å². The summed E-state index contributed by atoms with van der Waals surface area (Å²) in [6.45, 7) is 3.89. The fourth-order valence-electron chi connectivity index (χ4n) is 4.33. The van der Waals surface area contributed by atoms with Crippen molar-refractivity contribution in [3.63, 3.8) is 0 Å². The van der Waals surface area contributed by atoms with Crippen LogP contribution in [0.5, 0.6) is 0 Å². The molecule has 2 fully saturated rings. The van der Waals surface area contributed by atoms with Gasteiger partial charge in [0.1, 0.15) is 5.82 Å². The number of rotatable bonds is 6. The zero-order chi connectivity index (χ0) is 23.3. The first-order valence-electron chi connectivity index (χ1n) is 11.6. The highest BCUT2D eigenvalue weighted by atomic mass is 32.2. The van der Waals surface area contributed by atoms with E-state index in [4.69, 9.17) is 0 Å². The van der Waals surface area contributed by atoms with Gasteiger partial charge in [0.2, 0.25) is 15.9 Å². The fraction of sp³-hybridized carbons (Fsp3) is 0.458. The lowest BCUT2D eigenvalue weighted by Crippen LogP contribution is -2.50. The van der Waals surface area contributed by atoms with Crippen molar-refractivity contribution >= 4 is 27.3 Å². The van der Waals surface area contributed by atoms with E-state index in [1.165, 1.54) is 12.1 Å². The molecule has 0 atom stereocenters. The maximum Gasteiger partial charge on any atom is 0.243 e. The van der Waals surface area contributed by atoms with Gasteiger partial charge >= 0.3 is 0 Å². The minimum absolute atomic E-state index is 0.00461. The summed E-state index contributed by atoms with van der Waals surface area (Å²) in [6.07, 6.45) is 3.95. The Hall–Kier alpha value is -2.65. The van der Waals surface area contributed by atoms with Crippen LogP contribution in [0.15, 0.2) is 53.4 Å². The molecule has 7 nitrogen and oxygen atoms in total. The molecule has 0 radical (unpaired) electrons. The standard InChI is InChI=1S/C24H31FN4O3S/c25-20-5-9-22(10-6-20)27-15-17-28(18-16-27)24(30)19-26-21-7-11-23(12-8-21)33(31,32)29-13-3-1-2-4-14-29/h5-12,26H,1-4,13-19H2. The van der Waals surface area contributed by atoms with Gasteiger partial charge in [0.25, 0.3) is 0 Å². The molecule has 2 heterocycles. The highest BCUT2D eigenvalue weighted by Gasteiger charge is 2.25. The Morgan fingerprint density at radius 3 is 2.03 bits per heavy atom. The first-order chi connectivity index (χ1) is 15.9. The summed E-state index contributed by atoms with van der Waals surface area (Å²) in [5.41, 5.74) is 1.67. The summed E-state index contributed by atoms with van der Waals surface area (Å²) < 4.78 is 40.5. The van der Waals surface area contributed by atoms with E-state index in [1.807, 2.05) is 4.90 Å². The predicted molar refractivity (Wildman–Crippen MR) is 127 cm³/mol. The van der Waals surface area contributed by atoms with Crippen molar-refractivity contribution in [1.82, 2.24) is 9.21 Å². The SMILES string of the molecule is O=C(CNc1ccc(S(=O)(=O)N2CCCCCC2)cc1)N1CCN(c2ccc(F)cc2)CC1. The van der Waals surface area contributed by atoms with Crippen LogP contribution >= 0.6 is 0 Å². The summed E-state index contributed by atoms with van der Waals surface area (Å²) in [7, 11) is -3.48. The number of nitrogens with zero attached hydrogens (tertiary/aromatic N) is 3. The Bertz CT molecular complexity index is 1030. The van der Waals surface area contributed by atoms with Crippen molar-refractivity contribution in [2.75, 3.05) is 56.0 Å². The molecule has 0 saturated carbocycles. The predicted octanol–water partition coefficient (Wildman–Crippen LogP) is 3.15. The van der Waals surface area contributed by atoms with E-state index in [1.54, 1.807) is 40.7 Å². The molecule has 2 aromatic rings. The van der Waals surface area contributed by atoms with Crippen molar-refractivity contribution in [3.05, 3.63) is 54.3 Å². The van der Waals surface area contributed by atoms with Crippen molar-refractivity contribution in [2.24, 2.45) is 0 Å². The molecule has 33 heavy (non-hydrogen) atoms. The number of carbonyl (C=O) groups is 1. The third-order valence-electron chi connectivity index (χ3n) is 6.33. The average Bonchev–Trinajstić information content (AvgIpc) is 3.14. The van der Waals surface area contributed by atoms with E-state index in [-0.39, 0.29) is 23.2 Å². The van der Waals surface area contributed by atoms with Gasteiger partial charge < -0.3 is 15.1 Å². The van der Waals surface area contributed by atoms with Crippen LogP contribution in [0.1, 0.15) is 25.7 Å². The number of amides is 1. The first-order valence-corrected chi connectivity index (χ1v) is 13.0. The lowest BCUT2D eigenvalue weighted by atomic mass is 10.2. The van der Waals surface area contributed by atoms with Crippen molar-refractivity contribution in [2.45, 2.75) is 30.6 Å². The second-order valence-electron chi connectivity index (χ2n) is 8.54. The topological polar surface area (TPSA) is 73.0 Å². The van der Waals surface area contributed by atoms with Crippen molar-refractivity contribution < 1.29 is 17.6 Å². The van der Waals surface area contributed by atoms with E-state index in [0.717, 1.165) is 31.4 Å². The number of hydrogen-bond donors (Lipinski definition) is 1. The molecule has 1 N–H and O–H groups in total. The van der Waals surface area contributed by atoms with E-state index in [9.17, 15) is 17.6 Å². The van der Waals surface area contributed by atoms with Crippen LogP contribution in [0.2, 0.25) is 0 Å². The Kier molecular flexibility index (Phi) is 7.49. The molecule has 0 unspecified atom stereocenters. The zero-order valence-corrected chi connectivity index (χ0v) is 19.6. The molecule has 9 heteroatoms. The highest BCUT2D eigenvalue weighted by molar-refractivity contribution is 7.89. The van der Waals surface area contributed by atoms with Crippen LogP contribution in [0.4, 0.5) is 15.8 Å². The third kappa shape index (κ3) is 5.83. The van der Waals surface area contributed by atoms with Gasteiger partial charge in [-0.3, -0.25) is 4.79 Å². The smallest absolute Gasteiger partial charge is 0.243 e. The maximum atomic E-state index is 13.1. The quantitative estimate of drug-likeness (QED) is 0.696. The van der Waals surface area contributed by atoms with Gasteiger partial charge in [0.05, 0.1) is 11.4 Å². The number of carbonyl (C=O) groups excluding carboxylic acids is 1. The normalized spacial score (nSPS) is 18.1. The molecule has 0 aliphatic carbocycles. The van der Waals surface area contributed by atoms with Crippen LogP contribution in [-0.4, -0.2) is 69.3 Å². The molecule has 0 spiro atoms. The van der Waals surface area contributed by atoms with E-state index in [2.05, 4.69) is 10.2 Å². The Morgan fingerprint density at radius 2 is 1.42 bits per heavy atom. The number of sulfonamides is 1. The fourth-order valence-corrected chi connectivity index (χ4v) is 5.85. The van der Waals surface area contributed by atoms with Crippen LogP contribution < -0.4 is 10.2 Å². The summed E-state index contributed by atoms with van der Waals surface area (Å²) in [5.74, 6) is -0.263. The summed E-state index contributed by atoms with van der Waals surface area (Å²) in [4.78, 5) is 16.9. The average molecular weight is 475 g/mol. The lowest BCUT2D eigenvalue weighted by Gasteiger charge is -2.36. The second kappa shape index (κ2) is 10.5. The maximum absolute atomic E-state index is 13.1. The summed E-state index contributed by atoms with van der Waals surface area (Å²) in [6, 6.07) is 13.0. The Labute approximate surface area is 195 Å². The van der Waals surface area contributed by atoms with Gasteiger partial charge in [-0.25, -0.2) is 12.8 Å². The number of piperazine rings is 1. The zero-order valence-electron chi connectivity index (χ0n) is 18.7. The summed E-state index contributed by atoms with van der Waals surface area (Å²) >= 11 is 0. The van der Waals surface area contributed by atoms with Crippen LogP contribution in [0.25, 0.3) is 0 Å². The number of hydrogen-bond acceptors (Lipinski definition) is 5. The largest absolute Gasteiger partial charge is 0.376 e. The van der Waals surface area contributed by atoms with Gasteiger partial charge in [-0.05, 0) is 61.4 Å². The molecule has 178 valence electrons. The highest BCUT2D eigenvalue weighted by Crippen LogP contribution is 2.22. The van der Waals surface area contributed by atoms with E-state index in [0.29, 0.717) is 45.0 Å². The number of anilines is 2. The molecule has 2 saturated heterocycles. The molecule has 2 aliphatic heterocycles. The lowest BCUT2D eigenvalue weighted by molar-refractivity contribution is -0.129. The third-order valence-corrected chi connectivity index (χ3v) is 8.24. The van der Waals surface area contributed by atoms with Gasteiger partial charge in [0.15, 0.2) is 0 Å². The molecule has 0 bridgehead atoms. The minimum Gasteiger partial charge on any atom is -0.376 e. The second-order valence-corrected chi connectivity index (χ2v) is 10.5. The molecule has 2 aromatic carbocycles. The van der Waals surface area contributed by atoms with Crippen molar-refractivity contribution in [3.8, 4) is 0 Å². The van der Waals surface area contributed by atoms with E-state index >= 15 is 0 Å². The molecular weight excluding hydrogens is 443 g/mol. The Morgan fingerprint density at radius 1 is 0.818 bits per heavy atom. The monoisotopic (exact) mass is 474 g/mol. The summed E-state index contributed by atoms with van der Waals surface area (Å²) in [5, 5.41) is 3.10.